The minimum absolute atomic E-state index is 1.01. The molecule has 0 N–H and O–H groups in total. The van der Waals surface area contributed by atoms with Crippen LogP contribution < -0.4 is 0 Å². The second-order valence-electron chi connectivity index (χ2n) is 16.9. The maximum Gasteiger partial charge on any atom is 0.156 e. The highest BCUT2D eigenvalue weighted by Gasteiger charge is 2.20. The van der Waals surface area contributed by atoms with E-state index in [1.165, 1.54) is 96.6 Å². The Hall–Kier alpha value is -8.18. The van der Waals surface area contributed by atoms with Crippen molar-refractivity contribution in [2.45, 2.75) is 0 Å². The van der Waals surface area contributed by atoms with Crippen molar-refractivity contribution in [3.63, 3.8) is 0 Å². The second-order valence-corrected chi connectivity index (χ2v) is 17.9. The molecule has 14 rings (SSSR count). The van der Waals surface area contributed by atoms with Gasteiger partial charge in [-0.25, -0.2) is 4.98 Å². The summed E-state index contributed by atoms with van der Waals surface area (Å²) in [7, 11) is 0. The number of nitrogens with zero attached hydrogens (tertiary/aromatic N) is 3. The molecule has 0 spiro atoms. The van der Waals surface area contributed by atoms with Crippen LogP contribution in [0.1, 0.15) is 0 Å². The Bertz CT molecular complexity index is 4230. The largest absolute Gasteiger partial charge is 0.291 e. The quantitative estimate of drug-likeness (QED) is 0.165. The summed E-state index contributed by atoms with van der Waals surface area (Å²) in [6.45, 7) is 0. The lowest BCUT2D eigenvalue weighted by Gasteiger charge is -2.14. The van der Waals surface area contributed by atoms with Crippen molar-refractivity contribution in [2.24, 2.45) is 0 Å². The van der Waals surface area contributed by atoms with Gasteiger partial charge in [0.25, 0.3) is 0 Å². The first-order chi connectivity index (χ1) is 31.7. The van der Waals surface area contributed by atoms with Gasteiger partial charge in [0.2, 0.25) is 0 Å². The van der Waals surface area contributed by atoms with E-state index in [1.54, 1.807) is 0 Å². The van der Waals surface area contributed by atoms with Crippen LogP contribution in [0.2, 0.25) is 0 Å². The molecule has 0 bridgehead atoms. The Morgan fingerprint density at radius 2 is 0.891 bits per heavy atom. The van der Waals surface area contributed by atoms with E-state index in [2.05, 4.69) is 205 Å². The average Bonchev–Trinajstić information content (AvgIpc) is 3.96. The van der Waals surface area contributed by atoms with Gasteiger partial charge in [-0.05, 0) is 95.5 Å². The number of rotatable bonds is 4. The summed E-state index contributed by atoms with van der Waals surface area (Å²) < 4.78 is 4.92. The molecule has 0 fully saturated rings. The molecule has 4 heterocycles. The van der Waals surface area contributed by atoms with Gasteiger partial charge in [-0.1, -0.05) is 182 Å². The normalized spacial score (nSPS) is 12.1. The molecular formula is C60H35N3S. The molecule has 64 heavy (non-hydrogen) atoms. The molecule has 0 atom stereocenters. The zero-order valence-electron chi connectivity index (χ0n) is 34.5. The van der Waals surface area contributed by atoms with Crippen molar-refractivity contribution < 1.29 is 0 Å². The number of pyridine rings is 2. The van der Waals surface area contributed by atoms with Gasteiger partial charge in [-0.3, -0.25) is 9.38 Å². The van der Waals surface area contributed by atoms with Crippen LogP contribution >= 0.6 is 11.3 Å². The molecule has 0 aliphatic rings. The van der Waals surface area contributed by atoms with Crippen molar-refractivity contribution in [3.05, 3.63) is 212 Å². The summed E-state index contributed by atoms with van der Waals surface area (Å²) in [5.41, 5.74) is 13.7. The number of thiophene rings is 1. The van der Waals surface area contributed by atoms with E-state index in [4.69, 9.17) is 9.97 Å². The highest BCUT2D eigenvalue weighted by atomic mass is 32.1. The minimum atomic E-state index is 1.01. The van der Waals surface area contributed by atoms with E-state index >= 15 is 0 Å². The third-order valence-electron chi connectivity index (χ3n) is 13.4. The lowest BCUT2D eigenvalue weighted by atomic mass is 9.90. The fourth-order valence-corrected chi connectivity index (χ4v) is 11.7. The smallest absolute Gasteiger partial charge is 0.156 e. The lowest BCUT2D eigenvalue weighted by Crippen LogP contribution is -1.93. The molecule has 14 aromatic rings. The first-order valence-corrected chi connectivity index (χ1v) is 22.6. The maximum absolute atomic E-state index is 5.48. The summed E-state index contributed by atoms with van der Waals surface area (Å²) >= 11 is 1.86. The molecule has 0 amide bonds. The van der Waals surface area contributed by atoms with Gasteiger partial charge in [-0.2, -0.15) is 0 Å². The Kier molecular flexibility index (Phi) is 7.56. The van der Waals surface area contributed by atoms with Crippen LogP contribution in [-0.4, -0.2) is 14.4 Å². The van der Waals surface area contributed by atoms with E-state index in [1.807, 2.05) is 23.6 Å². The second kappa shape index (κ2) is 13.7. The van der Waals surface area contributed by atoms with Crippen molar-refractivity contribution in [1.29, 1.82) is 0 Å². The number of benzene rings is 10. The van der Waals surface area contributed by atoms with Gasteiger partial charge in [0.1, 0.15) is 0 Å². The highest BCUT2D eigenvalue weighted by Crippen LogP contribution is 2.45. The van der Waals surface area contributed by atoms with Crippen LogP contribution in [0.3, 0.4) is 0 Å². The predicted molar refractivity (Wildman–Crippen MR) is 273 cm³/mol. The number of hydrogen-bond donors (Lipinski definition) is 0. The van der Waals surface area contributed by atoms with Crippen molar-refractivity contribution in [2.75, 3.05) is 0 Å². The molecule has 4 heteroatoms. The molecule has 10 aromatic carbocycles. The number of fused-ring (bicyclic) bond motifs is 15. The summed E-state index contributed by atoms with van der Waals surface area (Å²) in [4.78, 5) is 10.2. The van der Waals surface area contributed by atoms with Gasteiger partial charge in [0, 0.05) is 37.8 Å². The molecule has 0 radical (unpaired) electrons. The van der Waals surface area contributed by atoms with Crippen molar-refractivity contribution in [3.8, 4) is 44.6 Å². The van der Waals surface area contributed by atoms with Gasteiger partial charge in [0.15, 0.2) is 5.65 Å². The van der Waals surface area contributed by atoms with Crippen LogP contribution in [0.5, 0.6) is 0 Å². The molecule has 0 saturated carbocycles. The maximum atomic E-state index is 5.48. The van der Waals surface area contributed by atoms with E-state index in [0.29, 0.717) is 0 Å². The summed E-state index contributed by atoms with van der Waals surface area (Å²) in [5, 5.41) is 13.5. The first kappa shape index (κ1) is 35.4. The first-order valence-electron chi connectivity index (χ1n) is 21.8. The average molecular weight is 830 g/mol. The van der Waals surface area contributed by atoms with Gasteiger partial charge in [0.05, 0.1) is 26.9 Å². The highest BCUT2D eigenvalue weighted by molar-refractivity contribution is 7.27. The monoisotopic (exact) mass is 829 g/mol. The Morgan fingerprint density at radius 1 is 0.344 bits per heavy atom. The fraction of sp³-hybridized carbons (Fsp3) is 0. The molecule has 0 unspecified atom stereocenters. The third kappa shape index (κ3) is 5.21. The van der Waals surface area contributed by atoms with Gasteiger partial charge >= 0.3 is 0 Å². The summed E-state index contributed by atoms with van der Waals surface area (Å²) in [6, 6.07) is 75.5. The Morgan fingerprint density at radius 3 is 1.59 bits per heavy atom. The van der Waals surface area contributed by atoms with E-state index in [0.717, 1.165) is 38.8 Å². The standard InChI is InChI=1S/C60H35N3S/c1-3-13-45-36(10-1)28-32-54-57(45)62-60-59-53(51-29-27-37-11-2-4-14-46(37)58(51)64-59)35-55(63(54)60)41-25-23-39(24-26-41)44-31-30-43(47-15-5-6-16-48(44)47)38-19-21-40(22-20-38)52-34-42-12-9-33-61-56(42)50-18-8-7-17-49(50)52/h1-35H. The zero-order valence-corrected chi connectivity index (χ0v) is 35.3. The number of hydrogen-bond acceptors (Lipinski definition) is 3. The van der Waals surface area contributed by atoms with E-state index < -0.39 is 0 Å². The predicted octanol–water partition coefficient (Wildman–Crippen LogP) is 16.7. The van der Waals surface area contributed by atoms with Crippen LogP contribution in [0.25, 0.3) is 135 Å². The van der Waals surface area contributed by atoms with Gasteiger partial charge < -0.3 is 0 Å². The molecule has 4 aromatic heterocycles. The molecule has 0 aliphatic carbocycles. The molecule has 0 saturated heterocycles. The molecular weight excluding hydrogens is 795 g/mol. The van der Waals surface area contributed by atoms with E-state index in [-0.39, 0.29) is 0 Å². The molecule has 296 valence electrons. The Labute approximate surface area is 371 Å². The minimum Gasteiger partial charge on any atom is -0.291 e. The SMILES string of the molecule is c1ccc2c(c1)ccc1c2nc2c3sc4c5ccccc5ccc4c3cc(-c3ccc(-c4ccc(-c5ccc(-c6cc7cccnc7c7ccccc67)cc5)c5ccccc45)cc3)n12. The topological polar surface area (TPSA) is 30.2 Å². The molecule has 0 aliphatic heterocycles. The number of imidazole rings is 1. The fourth-order valence-electron chi connectivity index (χ4n) is 10.4. The summed E-state index contributed by atoms with van der Waals surface area (Å²) in [5.74, 6) is 0. The van der Waals surface area contributed by atoms with Crippen molar-refractivity contribution >= 4 is 102 Å². The van der Waals surface area contributed by atoms with Gasteiger partial charge in [-0.15, -0.1) is 11.3 Å². The van der Waals surface area contributed by atoms with Crippen LogP contribution in [-0.2, 0) is 0 Å². The molecule has 3 nitrogen and oxygen atoms in total. The zero-order chi connectivity index (χ0) is 41.9. The lowest BCUT2D eigenvalue weighted by molar-refractivity contribution is 1.25. The van der Waals surface area contributed by atoms with Crippen molar-refractivity contribution in [1.82, 2.24) is 14.4 Å². The summed E-state index contributed by atoms with van der Waals surface area (Å²) in [6.07, 6.45) is 1.88. The van der Waals surface area contributed by atoms with Crippen LogP contribution in [0.15, 0.2) is 212 Å². The Balaban J connectivity index is 0.889. The third-order valence-corrected chi connectivity index (χ3v) is 14.7. The van der Waals surface area contributed by atoms with Crippen LogP contribution in [0.4, 0.5) is 0 Å². The van der Waals surface area contributed by atoms with E-state index in [9.17, 15) is 0 Å². The number of aromatic nitrogens is 3. The van der Waals surface area contributed by atoms with Crippen LogP contribution in [0, 0.1) is 0 Å².